The van der Waals surface area contributed by atoms with Gasteiger partial charge in [-0.2, -0.15) is 0 Å². The summed E-state index contributed by atoms with van der Waals surface area (Å²) < 4.78 is 0. The van der Waals surface area contributed by atoms with Crippen molar-refractivity contribution in [1.82, 2.24) is 4.98 Å². The molecule has 0 saturated heterocycles. The number of hydrogen-bond acceptors (Lipinski definition) is 3. The number of carbonyl (C=O) groups excluding carboxylic acids is 1. The first-order valence-corrected chi connectivity index (χ1v) is 8.71. The summed E-state index contributed by atoms with van der Waals surface area (Å²) in [5.41, 5.74) is 5.29. The number of benzene rings is 2. The van der Waals surface area contributed by atoms with Crippen molar-refractivity contribution >= 4 is 28.9 Å². The quantitative estimate of drug-likeness (QED) is 0.652. The van der Waals surface area contributed by atoms with Crippen LogP contribution in [-0.4, -0.2) is 10.9 Å². The second-order valence-corrected chi connectivity index (χ2v) is 6.63. The summed E-state index contributed by atoms with van der Waals surface area (Å²) in [5, 5.41) is 6.75. The van der Waals surface area contributed by atoms with E-state index in [1.54, 1.807) is 24.5 Å². The highest BCUT2D eigenvalue weighted by molar-refractivity contribution is 6.31. The molecule has 0 aliphatic rings. The van der Waals surface area contributed by atoms with Crippen molar-refractivity contribution in [3.8, 4) is 0 Å². The lowest BCUT2D eigenvalue weighted by Crippen LogP contribution is -2.13. The molecule has 0 radical (unpaired) electrons. The van der Waals surface area contributed by atoms with Crippen LogP contribution in [0.25, 0.3) is 0 Å². The molecule has 0 unspecified atom stereocenters. The molecular weight excluding hydrogens is 346 g/mol. The number of carbonyl (C=O) groups is 1. The van der Waals surface area contributed by atoms with E-state index in [9.17, 15) is 4.79 Å². The van der Waals surface area contributed by atoms with E-state index in [1.807, 2.05) is 19.1 Å². The molecule has 3 aromatic rings. The molecule has 5 heteroatoms. The zero-order valence-corrected chi connectivity index (χ0v) is 15.5. The number of hydrogen-bond donors (Lipinski definition) is 2. The fraction of sp³-hybridized carbons (Fsp3) is 0.143. The average Bonchev–Trinajstić information content (AvgIpc) is 2.64. The summed E-state index contributed by atoms with van der Waals surface area (Å²) in [6.07, 6.45) is 3.25. The van der Waals surface area contributed by atoms with Gasteiger partial charge in [0.1, 0.15) is 0 Å². The Balaban J connectivity index is 1.66. The number of pyridine rings is 1. The first-order valence-electron chi connectivity index (χ1n) is 8.33. The number of aryl methyl sites for hydroxylation is 2. The van der Waals surface area contributed by atoms with Gasteiger partial charge in [-0.3, -0.25) is 9.78 Å². The number of aromatic nitrogens is 1. The van der Waals surface area contributed by atoms with Crippen LogP contribution in [0.15, 0.2) is 60.9 Å². The lowest BCUT2D eigenvalue weighted by Gasteiger charge is -2.10. The van der Waals surface area contributed by atoms with Gasteiger partial charge in [-0.05, 0) is 43.2 Å². The fourth-order valence-corrected chi connectivity index (χ4v) is 2.63. The Morgan fingerprint density at radius 2 is 1.77 bits per heavy atom. The highest BCUT2D eigenvalue weighted by atomic mass is 35.5. The Labute approximate surface area is 158 Å². The molecule has 4 nitrogen and oxygen atoms in total. The van der Waals surface area contributed by atoms with Crippen molar-refractivity contribution in [3.63, 3.8) is 0 Å². The second-order valence-electron chi connectivity index (χ2n) is 6.22. The van der Waals surface area contributed by atoms with Gasteiger partial charge in [0, 0.05) is 29.6 Å². The highest BCUT2D eigenvalue weighted by Crippen LogP contribution is 2.21. The first-order chi connectivity index (χ1) is 12.5. The van der Waals surface area contributed by atoms with Crippen LogP contribution in [0.5, 0.6) is 0 Å². The molecule has 1 aromatic heterocycles. The minimum atomic E-state index is -0.226. The average molecular weight is 366 g/mol. The van der Waals surface area contributed by atoms with E-state index in [2.05, 4.69) is 46.8 Å². The Morgan fingerprint density at radius 3 is 2.50 bits per heavy atom. The summed E-state index contributed by atoms with van der Waals surface area (Å²) in [7, 11) is 0. The molecule has 0 aliphatic carbocycles. The Morgan fingerprint density at radius 1 is 1.00 bits per heavy atom. The van der Waals surface area contributed by atoms with Crippen LogP contribution < -0.4 is 10.6 Å². The smallest absolute Gasteiger partial charge is 0.257 e. The van der Waals surface area contributed by atoms with Crippen molar-refractivity contribution in [2.45, 2.75) is 20.4 Å². The van der Waals surface area contributed by atoms with Gasteiger partial charge >= 0.3 is 0 Å². The van der Waals surface area contributed by atoms with Gasteiger partial charge in [0.2, 0.25) is 0 Å². The van der Waals surface area contributed by atoms with E-state index in [1.165, 1.54) is 11.1 Å². The van der Waals surface area contributed by atoms with E-state index in [4.69, 9.17) is 11.6 Å². The SMILES string of the molecule is Cc1ccc(CNc2cncc(C(=O)Nc3ccc(C)c(Cl)c3)c2)cc1. The molecule has 0 aliphatic heterocycles. The van der Waals surface area contributed by atoms with E-state index in [-0.39, 0.29) is 5.91 Å². The standard InChI is InChI=1S/C21H20ClN3O/c1-14-3-6-16(7-4-14)11-24-19-9-17(12-23-13-19)21(26)25-18-8-5-15(2)20(22)10-18/h3-10,12-13,24H,11H2,1-2H3,(H,25,26). The third-order valence-corrected chi connectivity index (χ3v) is 4.45. The first kappa shape index (κ1) is 18.0. The maximum atomic E-state index is 12.5. The summed E-state index contributed by atoms with van der Waals surface area (Å²) in [6, 6.07) is 15.5. The van der Waals surface area contributed by atoms with Crippen LogP contribution in [0.3, 0.4) is 0 Å². The van der Waals surface area contributed by atoms with Crippen LogP contribution in [0.4, 0.5) is 11.4 Å². The molecule has 2 N–H and O–H groups in total. The van der Waals surface area contributed by atoms with E-state index >= 15 is 0 Å². The van der Waals surface area contributed by atoms with Crippen LogP contribution in [-0.2, 0) is 6.54 Å². The summed E-state index contributed by atoms with van der Waals surface area (Å²) >= 11 is 6.10. The van der Waals surface area contributed by atoms with Crippen LogP contribution in [0.1, 0.15) is 27.0 Å². The molecular formula is C21H20ClN3O. The minimum Gasteiger partial charge on any atom is -0.380 e. The highest BCUT2D eigenvalue weighted by Gasteiger charge is 2.08. The van der Waals surface area contributed by atoms with Crippen LogP contribution >= 0.6 is 11.6 Å². The van der Waals surface area contributed by atoms with Crippen LogP contribution in [0, 0.1) is 13.8 Å². The Bertz CT molecular complexity index is 923. The third kappa shape index (κ3) is 4.61. The maximum absolute atomic E-state index is 12.5. The van der Waals surface area contributed by atoms with Crippen molar-refractivity contribution in [3.05, 3.63) is 88.2 Å². The Hall–Kier alpha value is -2.85. The van der Waals surface area contributed by atoms with E-state index < -0.39 is 0 Å². The lowest BCUT2D eigenvalue weighted by molar-refractivity contribution is 0.102. The normalized spacial score (nSPS) is 10.4. The molecule has 0 fully saturated rings. The molecule has 2 aromatic carbocycles. The summed E-state index contributed by atoms with van der Waals surface area (Å²) in [4.78, 5) is 16.6. The monoisotopic (exact) mass is 365 g/mol. The lowest BCUT2D eigenvalue weighted by atomic mass is 10.1. The van der Waals surface area contributed by atoms with Gasteiger partial charge in [-0.25, -0.2) is 0 Å². The third-order valence-electron chi connectivity index (χ3n) is 4.05. The topological polar surface area (TPSA) is 54.0 Å². The molecule has 1 amide bonds. The van der Waals surface area contributed by atoms with Crippen molar-refractivity contribution < 1.29 is 4.79 Å². The maximum Gasteiger partial charge on any atom is 0.257 e. The number of anilines is 2. The summed E-state index contributed by atoms with van der Waals surface area (Å²) in [5.74, 6) is -0.226. The number of amides is 1. The van der Waals surface area contributed by atoms with Crippen molar-refractivity contribution in [2.75, 3.05) is 10.6 Å². The summed E-state index contributed by atoms with van der Waals surface area (Å²) in [6.45, 7) is 4.64. The Kier molecular flexibility index (Phi) is 5.54. The molecule has 0 atom stereocenters. The zero-order valence-electron chi connectivity index (χ0n) is 14.7. The molecule has 0 saturated carbocycles. The molecule has 1 heterocycles. The number of nitrogens with one attached hydrogen (secondary N) is 2. The van der Waals surface area contributed by atoms with E-state index in [0.29, 0.717) is 22.8 Å². The molecule has 26 heavy (non-hydrogen) atoms. The van der Waals surface area contributed by atoms with Crippen LogP contribution in [0.2, 0.25) is 5.02 Å². The fourth-order valence-electron chi connectivity index (χ4n) is 2.44. The van der Waals surface area contributed by atoms with Crippen molar-refractivity contribution in [1.29, 1.82) is 0 Å². The van der Waals surface area contributed by atoms with Gasteiger partial charge in [-0.1, -0.05) is 47.5 Å². The predicted octanol–water partition coefficient (Wildman–Crippen LogP) is 5.22. The number of rotatable bonds is 5. The van der Waals surface area contributed by atoms with Gasteiger partial charge in [0.25, 0.3) is 5.91 Å². The zero-order chi connectivity index (χ0) is 18.5. The number of halogens is 1. The second kappa shape index (κ2) is 8.02. The van der Waals surface area contributed by atoms with Gasteiger partial charge in [-0.15, -0.1) is 0 Å². The molecule has 132 valence electrons. The number of nitrogens with zero attached hydrogens (tertiary/aromatic N) is 1. The van der Waals surface area contributed by atoms with Gasteiger partial charge in [0.05, 0.1) is 11.3 Å². The van der Waals surface area contributed by atoms with Gasteiger partial charge in [0.15, 0.2) is 0 Å². The van der Waals surface area contributed by atoms with Gasteiger partial charge < -0.3 is 10.6 Å². The van der Waals surface area contributed by atoms with Crippen molar-refractivity contribution in [2.24, 2.45) is 0 Å². The van der Waals surface area contributed by atoms with E-state index in [0.717, 1.165) is 11.3 Å². The molecule has 3 rings (SSSR count). The molecule has 0 spiro atoms. The minimum absolute atomic E-state index is 0.226. The predicted molar refractivity (Wildman–Crippen MR) is 107 cm³/mol. The molecule has 0 bridgehead atoms. The largest absolute Gasteiger partial charge is 0.380 e.